The van der Waals surface area contributed by atoms with Gasteiger partial charge in [-0.05, 0) is 40.0 Å². The third-order valence-electron chi connectivity index (χ3n) is 4.39. The van der Waals surface area contributed by atoms with Crippen LogP contribution in [-0.2, 0) is 0 Å². The summed E-state index contributed by atoms with van der Waals surface area (Å²) in [5.74, 6) is 1.88. The van der Waals surface area contributed by atoms with Gasteiger partial charge in [0, 0.05) is 12.0 Å². The predicted octanol–water partition coefficient (Wildman–Crippen LogP) is 3.22. The molecule has 0 radical (unpaired) electrons. The number of nitrogen functional groups attached to an aromatic ring is 1. The van der Waals surface area contributed by atoms with E-state index in [1.165, 1.54) is 12.8 Å². The number of hydrogen-bond acceptors (Lipinski definition) is 6. The molecule has 0 spiro atoms. The summed E-state index contributed by atoms with van der Waals surface area (Å²) in [6.07, 6.45) is 4.98. The van der Waals surface area contributed by atoms with Gasteiger partial charge in [-0.3, -0.25) is 0 Å². The molecule has 2 aromatic heterocycles. The van der Waals surface area contributed by atoms with Gasteiger partial charge in [0.05, 0.1) is 28.3 Å². The van der Waals surface area contributed by atoms with E-state index < -0.39 is 0 Å². The minimum absolute atomic E-state index is 0.301. The molecule has 23 heavy (non-hydrogen) atoms. The Kier molecular flexibility index (Phi) is 4.15. The molecule has 1 aliphatic carbocycles. The van der Waals surface area contributed by atoms with Gasteiger partial charge in [-0.15, -0.1) is 0 Å². The van der Waals surface area contributed by atoms with Crippen molar-refractivity contribution in [2.24, 2.45) is 0 Å². The lowest BCUT2D eigenvalue weighted by Crippen LogP contribution is -2.17. The summed E-state index contributed by atoms with van der Waals surface area (Å²) in [5.41, 5.74) is 10.5. The highest BCUT2D eigenvalue weighted by molar-refractivity contribution is 5.71. The fraction of sp³-hybridized carbons (Fsp3) is 0.529. The SMILES string of the molecule is CC[C@@H](C)Nc1nc(-c2c(C)ncnc2C2CC2)nc(C)c1N. The first-order chi connectivity index (χ1) is 11.0. The average Bonchev–Trinajstić information content (AvgIpc) is 3.36. The van der Waals surface area contributed by atoms with E-state index in [0.717, 1.165) is 29.1 Å². The molecule has 0 saturated heterocycles. The molecule has 1 saturated carbocycles. The van der Waals surface area contributed by atoms with Crippen molar-refractivity contribution in [1.82, 2.24) is 19.9 Å². The van der Waals surface area contributed by atoms with Gasteiger partial charge < -0.3 is 11.1 Å². The second kappa shape index (κ2) is 6.10. The molecule has 1 aliphatic rings. The molecular formula is C17H24N6. The van der Waals surface area contributed by atoms with Crippen molar-refractivity contribution >= 4 is 11.5 Å². The van der Waals surface area contributed by atoms with Crippen LogP contribution in [0.4, 0.5) is 11.5 Å². The first-order valence-corrected chi connectivity index (χ1v) is 8.23. The number of aryl methyl sites for hydroxylation is 2. The van der Waals surface area contributed by atoms with Crippen LogP contribution in [0.25, 0.3) is 11.4 Å². The monoisotopic (exact) mass is 312 g/mol. The molecule has 6 heteroatoms. The van der Waals surface area contributed by atoms with E-state index in [2.05, 4.69) is 34.1 Å². The van der Waals surface area contributed by atoms with Gasteiger partial charge in [0.15, 0.2) is 11.6 Å². The number of aromatic nitrogens is 4. The lowest BCUT2D eigenvalue weighted by atomic mass is 10.1. The lowest BCUT2D eigenvalue weighted by Gasteiger charge is -2.17. The zero-order valence-corrected chi connectivity index (χ0v) is 14.2. The van der Waals surface area contributed by atoms with Gasteiger partial charge in [0.25, 0.3) is 0 Å². The summed E-state index contributed by atoms with van der Waals surface area (Å²) < 4.78 is 0. The number of nitrogens with two attached hydrogens (primary N) is 1. The van der Waals surface area contributed by atoms with E-state index in [-0.39, 0.29) is 0 Å². The minimum atomic E-state index is 0.301. The van der Waals surface area contributed by atoms with Crippen molar-refractivity contribution in [3.8, 4) is 11.4 Å². The van der Waals surface area contributed by atoms with E-state index in [0.29, 0.717) is 29.3 Å². The molecule has 2 aromatic rings. The Hall–Kier alpha value is -2.24. The van der Waals surface area contributed by atoms with Gasteiger partial charge in [-0.1, -0.05) is 6.92 Å². The number of nitrogens with one attached hydrogen (secondary N) is 1. The molecule has 0 unspecified atom stereocenters. The fourth-order valence-electron chi connectivity index (χ4n) is 2.57. The molecule has 0 aromatic carbocycles. The summed E-state index contributed by atoms with van der Waals surface area (Å²) >= 11 is 0. The van der Waals surface area contributed by atoms with Crippen molar-refractivity contribution in [3.63, 3.8) is 0 Å². The van der Waals surface area contributed by atoms with Gasteiger partial charge in [-0.25, -0.2) is 19.9 Å². The molecule has 1 fully saturated rings. The van der Waals surface area contributed by atoms with Crippen LogP contribution < -0.4 is 11.1 Å². The van der Waals surface area contributed by atoms with E-state index in [1.807, 2.05) is 13.8 Å². The fourth-order valence-corrected chi connectivity index (χ4v) is 2.57. The van der Waals surface area contributed by atoms with Gasteiger partial charge >= 0.3 is 0 Å². The summed E-state index contributed by atoms with van der Waals surface area (Å²) in [5, 5.41) is 3.38. The zero-order chi connectivity index (χ0) is 16.6. The Bertz CT molecular complexity index is 723. The second-order valence-electron chi connectivity index (χ2n) is 6.34. The highest BCUT2D eigenvalue weighted by Gasteiger charge is 2.30. The summed E-state index contributed by atoms with van der Waals surface area (Å²) in [6, 6.07) is 0.301. The van der Waals surface area contributed by atoms with E-state index >= 15 is 0 Å². The minimum Gasteiger partial charge on any atom is -0.394 e. The third-order valence-corrected chi connectivity index (χ3v) is 4.39. The Labute approximate surface area is 137 Å². The smallest absolute Gasteiger partial charge is 0.165 e. The molecular weight excluding hydrogens is 288 g/mol. The van der Waals surface area contributed by atoms with Crippen LogP contribution in [0.1, 0.15) is 56.1 Å². The Morgan fingerprint density at radius 3 is 2.61 bits per heavy atom. The quantitative estimate of drug-likeness (QED) is 0.881. The van der Waals surface area contributed by atoms with Crippen molar-refractivity contribution in [1.29, 1.82) is 0 Å². The molecule has 3 rings (SSSR count). The van der Waals surface area contributed by atoms with E-state index in [1.54, 1.807) is 6.33 Å². The Morgan fingerprint density at radius 2 is 1.96 bits per heavy atom. The third kappa shape index (κ3) is 3.11. The maximum absolute atomic E-state index is 6.16. The maximum Gasteiger partial charge on any atom is 0.165 e. The van der Waals surface area contributed by atoms with Crippen LogP contribution in [0.5, 0.6) is 0 Å². The van der Waals surface area contributed by atoms with E-state index in [4.69, 9.17) is 10.7 Å². The van der Waals surface area contributed by atoms with Crippen molar-refractivity contribution in [3.05, 3.63) is 23.4 Å². The van der Waals surface area contributed by atoms with Gasteiger partial charge in [-0.2, -0.15) is 0 Å². The molecule has 0 amide bonds. The standard InChI is InChI=1S/C17H24N6/c1-5-9(2)21-17-14(18)11(4)22-16(23-17)13-10(3)19-8-20-15(13)12-6-7-12/h8-9,12H,5-7,18H2,1-4H3,(H,21,22,23)/t9-/m1/s1. The predicted molar refractivity (Wildman–Crippen MR) is 92.3 cm³/mol. The normalized spacial score (nSPS) is 15.5. The second-order valence-corrected chi connectivity index (χ2v) is 6.34. The molecule has 1 atom stereocenters. The number of anilines is 2. The Morgan fingerprint density at radius 1 is 1.22 bits per heavy atom. The molecule has 2 heterocycles. The largest absolute Gasteiger partial charge is 0.394 e. The van der Waals surface area contributed by atoms with Crippen LogP contribution in [0.2, 0.25) is 0 Å². The van der Waals surface area contributed by atoms with Crippen LogP contribution in [0.15, 0.2) is 6.33 Å². The first-order valence-electron chi connectivity index (χ1n) is 8.23. The van der Waals surface area contributed by atoms with Crippen LogP contribution in [-0.4, -0.2) is 26.0 Å². The number of rotatable bonds is 5. The first kappa shape index (κ1) is 15.6. The zero-order valence-electron chi connectivity index (χ0n) is 14.2. The summed E-state index contributed by atoms with van der Waals surface area (Å²) in [4.78, 5) is 18.1. The molecule has 0 aliphatic heterocycles. The van der Waals surface area contributed by atoms with Crippen molar-refractivity contribution in [2.45, 2.75) is 58.9 Å². The van der Waals surface area contributed by atoms with Crippen molar-refractivity contribution < 1.29 is 0 Å². The molecule has 122 valence electrons. The number of hydrogen-bond donors (Lipinski definition) is 2. The highest BCUT2D eigenvalue weighted by atomic mass is 15.1. The van der Waals surface area contributed by atoms with Crippen LogP contribution in [0.3, 0.4) is 0 Å². The molecule has 3 N–H and O–H groups in total. The van der Waals surface area contributed by atoms with E-state index in [9.17, 15) is 0 Å². The summed E-state index contributed by atoms with van der Waals surface area (Å²) in [7, 11) is 0. The van der Waals surface area contributed by atoms with Gasteiger partial charge in [0.2, 0.25) is 0 Å². The average molecular weight is 312 g/mol. The van der Waals surface area contributed by atoms with Crippen molar-refractivity contribution in [2.75, 3.05) is 11.1 Å². The maximum atomic E-state index is 6.16. The number of nitrogens with zero attached hydrogens (tertiary/aromatic N) is 4. The van der Waals surface area contributed by atoms with Crippen LogP contribution in [0, 0.1) is 13.8 Å². The lowest BCUT2D eigenvalue weighted by molar-refractivity contribution is 0.758. The van der Waals surface area contributed by atoms with Gasteiger partial charge in [0.1, 0.15) is 6.33 Å². The summed E-state index contributed by atoms with van der Waals surface area (Å²) in [6.45, 7) is 8.14. The highest BCUT2D eigenvalue weighted by Crippen LogP contribution is 2.43. The van der Waals surface area contributed by atoms with Crippen LogP contribution >= 0.6 is 0 Å². The topological polar surface area (TPSA) is 89.6 Å². The Balaban J connectivity index is 2.10. The molecule has 6 nitrogen and oxygen atoms in total. The molecule has 0 bridgehead atoms.